The zero-order valence-corrected chi connectivity index (χ0v) is 7.03. The molecule has 0 bridgehead atoms. The van der Waals surface area contributed by atoms with Crippen LogP contribution in [0.25, 0.3) is 0 Å². The summed E-state index contributed by atoms with van der Waals surface area (Å²) in [6, 6.07) is 1.89. The van der Waals surface area contributed by atoms with Crippen molar-refractivity contribution in [1.29, 1.82) is 0 Å². The average molecular weight is 168 g/mol. The van der Waals surface area contributed by atoms with Crippen LogP contribution >= 0.6 is 0 Å². The Morgan fingerprint density at radius 1 is 1.83 bits per heavy atom. The first-order valence-corrected chi connectivity index (χ1v) is 4.10. The second-order valence-electron chi connectivity index (χ2n) is 2.95. The monoisotopic (exact) mass is 168 g/mol. The first-order chi connectivity index (χ1) is 5.81. The van der Waals surface area contributed by atoms with Crippen LogP contribution in [0.4, 0.5) is 0 Å². The van der Waals surface area contributed by atoms with E-state index in [0.717, 1.165) is 17.9 Å². The average Bonchev–Trinajstić information content (AvgIpc) is 2.49. The fourth-order valence-electron chi connectivity index (χ4n) is 1.47. The van der Waals surface area contributed by atoms with E-state index in [1.165, 1.54) is 0 Å². The highest BCUT2D eigenvalue weighted by Crippen LogP contribution is 2.21. The third kappa shape index (κ3) is 1.13. The summed E-state index contributed by atoms with van der Waals surface area (Å²) in [6.07, 6.45) is 0.103. The quantitative estimate of drug-likeness (QED) is 0.663. The van der Waals surface area contributed by atoms with Crippen molar-refractivity contribution in [2.24, 2.45) is 0 Å². The summed E-state index contributed by atoms with van der Waals surface area (Å²) in [5.74, 6) is 0. The Balaban J connectivity index is 2.37. The fourth-order valence-corrected chi connectivity index (χ4v) is 1.47. The van der Waals surface area contributed by atoms with Crippen LogP contribution < -0.4 is 0 Å². The third-order valence-corrected chi connectivity index (χ3v) is 2.11. The number of ether oxygens (including phenoxy) is 1. The van der Waals surface area contributed by atoms with E-state index >= 15 is 0 Å². The van der Waals surface area contributed by atoms with Crippen molar-refractivity contribution in [2.75, 3.05) is 6.61 Å². The maximum absolute atomic E-state index is 8.86. The zero-order chi connectivity index (χ0) is 8.55. The summed E-state index contributed by atoms with van der Waals surface area (Å²) in [7, 11) is 0. The maximum atomic E-state index is 8.86. The molecule has 1 aromatic rings. The molecular weight excluding hydrogens is 156 g/mol. The summed E-state index contributed by atoms with van der Waals surface area (Å²) >= 11 is 0. The van der Waals surface area contributed by atoms with Crippen molar-refractivity contribution >= 4 is 0 Å². The van der Waals surface area contributed by atoms with Crippen LogP contribution in [0.1, 0.15) is 24.4 Å². The Morgan fingerprint density at radius 2 is 2.67 bits per heavy atom. The van der Waals surface area contributed by atoms with Gasteiger partial charge in [0.1, 0.15) is 0 Å². The summed E-state index contributed by atoms with van der Waals surface area (Å²) in [6.45, 7) is 3.50. The number of hydrogen-bond donors (Lipinski definition) is 1. The van der Waals surface area contributed by atoms with Gasteiger partial charge in [0.05, 0.1) is 37.3 Å². The summed E-state index contributed by atoms with van der Waals surface area (Å²) in [4.78, 5) is 0. The van der Waals surface area contributed by atoms with Crippen molar-refractivity contribution in [2.45, 2.75) is 26.2 Å². The van der Waals surface area contributed by atoms with Crippen molar-refractivity contribution in [3.8, 4) is 0 Å². The molecule has 0 saturated heterocycles. The van der Waals surface area contributed by atoms with E-state index < -0.39 is 0 Å². The Bertz CT molecular complexity index is 283. The SMILES string of the molecule is C[C@H]1OCCn2nc(CO)cc21. The molecule has 0 radical (unpaired) electrons. The lowest BCUT2D eigenvalue weighted by Gasteiger charge is -2.20. The predicted molar refractivity (Wildman–Crippen MR) is 42.5 cm³/mol. The van der Waals surface area contributed by atoms with Gasteiger partial charge in [-0.15, -0.1) is 0 Å². The van der Waals surface area contributed by atoms with Crippen LogP contribution in [-0.2, 0) is 17.9 Å². The van der Waals surface area contributed by atoms with E-state index in [9.17, 15) is 0 Å². The molecule has 0 aliphatic carbocycles. The van der Waals surface area contributed by atoms with Crippen molar-refractivity contribution in [3.05, 3.63) is 17.5 Å². The molecule has 0 spiro atoms. The largest absolute Gasteiger partial charge is 0.390 e. The first-order valence-electron chi connectivity index (χ1n) is 4.10. The van der Waals surface area contributed by atoms with Gasteiger partial charge in [-0.2, -0.15) is 5.10 Å². The molecule has 1 N–H and O–H groups in total. The lowest BCUT2D eigenvalue weighted by Crippen LogP contribution is -2.20. The van der Waals surface area contributed by atoms with Gasteiger partial charge in [0, 0.05) is 0 Å². The number of hydrogen-bond acceptors (Lipinski definition) is 3. The highest BCUT2D eigenvalue weighted by Gasteiger charge is 2.18. The van der Waals surface area contributed by atoms with Crippen LogP contribution in [0.3, 0.4) is 0 Å². The molecule has 2 heterocycles. The molecule has 0 aromatic carbocycles. The first kappa shape index (κ1) is 7.76. The van der Waals surface area contributed by atoms with Gasteiger partial charge in [-0.1, -0.05) is 0 Å². The number of rotatable bonds is 1. The van der Waals surface area contributed by atoms with Crippen molar-refractivity contribution in [3.63, 3.8) is 0 Å². The second-order valence-corrected chi connectivity index (χ2v) is 2.95. The van der Waals surface area contributed by atoms with Crippen molar-refractivity contribution in [1.82, 2.24) is 9.78 Å². The smallest absolute Gasteiger partial charge is 0.0964 e. The van der Waals surface area contributed by atoms with Crippen LogP contribution in [0.5, 0.6) is 0 Å². The van der Waals surface area contributed by atoms with E-state index in [0.29, 0.717) is 6.61 Å². The van der Waals surface area contributed by atoms with E-state index in [-0.39, 0.29) is 12.7 Å². The van der Waals surface area contributed by atoms with Gasteiger partial charge in [-0.3, -0.25) is 4.68 Å². The van der Waals surface area contributed by atoms with Crippen LogP contribution in [0.2, 0.25) is 0 Å². The molecule has 1 aromatic heterocycles. The topological polar surface area (TPSA) is 47.3 Å². The van der Waals surface area contributed by atoms with E-state index in [1.807, 2.05) is 17.7 Å². The van der Waals surface area contributed by atoms with Gasteiger partial charge < -0.3 is 9.84 Å². The van der Waals surface area contributed by atoms with Gasteiger partial charge >= 0.3 is 0 Å². The molecule has 0 amide bonds. The Kier molecular flexibility index (Phi) is 1.86. The van der Waals surface area contributed by atoms with E-state index in [4.69, 9.17) is 9.84 Å². The molecule has 1 aliphatic rings. The number of fused-ring (bicyclic) bond motifs is 1. The van der Waals surface area contributed by atoms with Crippen LogP contribution in [0.15, 0.2) is 6.07 Å². The van der Waals surface area contributed by atoms with Gasteiger partial charge in [-0.05, 0) is 13.0 Å². The summed E-state index contributed by atoms with van der Waals surface area (Å²) in [5, 5.41) is 13.1. The molecule has 0 unspecified atom stereocenters. The Morgan fingerprint density at radius 3 is 3.33 bits per heavy atom. The lowest BCUT2D eigenvalue weighted by molar-refractivity contribution is 0.0287. The number of aliphatic hydroxyl groups excluding tert-OH is 1. The molecule has 4 nitrogen and oxygen atoms in total. The highest BCUT2D eigenvalue weighted by molar-refractivity contribution is 5.13. The Labute approximate surface area is 70.8 Å². The van der Waals surface area contributed by atoms with Crippen molar-refractivity contribution < 1.29 is 9.84 Å². The van der Waals surface area contributed by atoms with Gasteiger partial charge in [0.15, 0.2) is 0 Å². The van der Waals surface area contributed by atoms with Gasteiger partial charge in [-0.25, -0.2) is 0 Å². The van der Waals surface area contributed by atoms with Crippen LogP contribution in [-0.4, -0.2) is 21.5 Å². The number of aliphatic hydroxyl groups is 1. The highest BCUT2D eigenvalue weighted by atomic mass is 16.5. The lowest BCUT2D eigenvalue weighted by atomic mass is 10.2. The molecule has 2 rings (SSSR count). The predicted octanol–water partition coefficient (Wildman–Crippen LogP) is 0.467. The minimum atomic E-state index is 0.00667. The standard InChI is InChI=1S/C8H12N2O2/c1-6-8-4-7(5-11)9-10(8)2-3-12-6/h4,6,11H,2-3,5H2,1H3/t6-/m1/s1. The Hall–Kier alpha value is -0.870. The fraction of sp³-hybridized carbons (Fsp3) is 0.625. The normalized spacial score (nSPS) is 22.3. The second kappa shape index (κ2) is 2.88. The molecule has 4 heteroatoms. The van der Waals surface area contributed by atoms with Crippen LogP contribution in [0, 0.1) is 0 Å². The molecule has 1 atom stereocenters. The molecule has 0 fully saturated rings. The molecule has 66 valence electrons. The van der Waals surface area contributed by atoms with Gasteiger partial charge in [0.2, 0.25) is 0 Å². The zero-order valence-electron chi connectivity index (χ0n) is 7.03. The third-order valence-electron chi connectivity index (χ3n) is 2.11. The number of aromatic nitrogens is 2. The van der Waals surface area contributed by atoms with E-state index in [1.54, 1.807) is 0 Å². The minimum absolute atomic E-state index is 0.00667. The van der Waals surface area contributed by atoms with Gasteiger partial charge in [0.25, 0.3) is 0 Å². The maximum Gasteiger partial charge on any atom is 0.0964 e. The molecule has 12 heavy (non-hydrogen) atoms. The van der Waals surface area contributed by atoms with E-state index in [2.05, 4.69) is 5.10 Å². The molecular formula is C8H12N2O2. The molecule has 1 aliphatic heterocycles. The minimum Gasteiger partial charge on any atom is -0.390 e. The molecule has 0 saturated carbocycles. The summed E-state index contributed by atoms with van der Waals surface area (Å²) in [5.41, 5.74) is 1.78. The number of nitrogens with zero attached hydrogens (tertiary/aromatic N) is 2. The summed E-state index contributed by atoms with van der Waals surface area (Å²) < 4.78 is 7.32.